The predicted molar refractivity (Wildman–Crippen MR) is 32.4 cm³/mol. The summed E-state index contributed by atoms with van der Waals surface area (Å²) in [6, 6.07) is 0. The monoisotopic (exact) mass is 294 g/mol. The molecule has 11 heavy (non-hydrogen) atoms. The van der Waals surface area contributed by atoms with E-state index in [9.17, 15) is 7.48 Å². The summed E-state index contributed by atoms with van der Waals surface area (Å²) < 4.78 is 49.9. The van der Waals surface area contributed by atoms with Crippen molar-refractivity contribution in [3.05, 3.63) is 0 Å². The molecule has 0 aromatic carbocycles. The zero-order valence-corrected chi connectivity index (χ0v) is 9.58. The molecular formula is C2H8As2O7. The van der Waals surface area contributed by atoms with Crippen molar-refractivity contribution in [2.45, 2.75) is 0 Å². The molecule has 0 radical (unpaired) electrons. The second-order valence-corrected chi connectivity index (χ2v) is 8.97. The van der Waals surface area contributed by atoms with Crippen LogP contribution in [0.2, 0.25) is 0 Å². The molecule has 0 aromatic heterocycles. The van der Waals surface area contributed by atoms with Crippen molar-refractivity contribution >= 4 is 29.0 Å². The van der Waals surface area contributed by atoms with Gasteiger partial charge in [-0.1, -0.05) is 0 Å². The first-order valence-electron chi connectivity index (χ1n) is 2.31. The van der Waals surface area contributed by atoms with E-state index in [1.54, 1.807) is 0 Å². The van der Waals surface area contributed by atoms with Crippen molar-refractivity contribution in [2.75, 3.05) is 14.2 Å². The van der Waals surface area contributed by atoms with Crippen molar-refractivity contribution in [1.82, 2.24) is 0 Å². The zero-order chi connectivity index (χ0) is 9.12. The third kappa shape index (κ3) is 4.87. The van der Waals surface area contributed by atoms with E-state index >= 15 is 0 Å². The summed E-state index contributed by atoms with van der Waals surface area (Å²) in [7, 11) is 1.79. The van der Waals surface area contributed by atoms with Crippen molar-refractivity contribution in [3.8, 4) is 0 Å². The van der Waals surface area contributed by atoms with E-state index in [0.717, 1.165) is 14.2 Å². The first-order chi connectivity index (χ1) is 4.83. The van der Waals surface area contributed by atoms with Crippen molar-refractivity contribution in [2.24, 2.45) is 0 Å². The summed E-state index contributed by atoms with van der Waals surface area (Å²) in [5, 5.41) is 0. The van der Waals surface area contributed by atoms with Crippen LogP contribution in [-0.2, 0) is 17.6 Å². The van der Waals surface area contributed by atoms with Crippen LogP contribution >= 0.6 is 0 Å². The summed E-state index contributed by atoms with van der Waals surface area (Å²) in [6.45, 7) is 0. The van der Waals surface area contributed by atoms with Crippen LogP contribution in [0.3, 0.4) is 0 Å². The molecule has 0 saturated carbocycles. The quantitative estimate of drug-likeness (QED) is 0.579. The molecule has 9 heteroatoms. The van der Waals surface area contributed by atoms with Crippen molar-refractivity contribution in [3.63, 3.8) is 0 Å². The Bertz CT molecular complexity index is 188. The molecule has 0 spiro atoms. The first kappa shape index (κ1) is 11.5. The van der Waals surface area contributed by atoms with Gasteiger partial charge < -0.3 is 0 Å². The van der Waals surface area contributed by atoms with Gasteiger partial charge in [-0.2, -0.15) is 0 Å². The van der Waals surface area contributed by atoms with Crippen LogP contribution in [0.4, 0.5) is 0 Å². The van der Waals surface area contributed by atoms with Gasteiger partial charge in [-0.15, -0.1) is 0 Å². The van der Waals surface area contributed by atoms with Gasteiger partial charge in [0.15, 0.2) is 0 Å². The maximum absolute atomic E-state index is 10.5. The van der Waals surface area contributed by atoms with Crippen LogP contribution in [0.25, 0.3) is 0 Å². The molecule has 0 saturated heterocycles. The van der Waals surface area contributed by atoms with Gasteiger partial charge >= 0.3 is 69.1 Å². The molecule has 0 unspecified atom stereocenters. The standard InChI is InChI=1S/C2H8As2O7/c1-9-3(5,6)11-4(7,8)10-2/h1-2H3,(H,5,6)(H,7,8). The molecule has 0 fully saturated rings. The Hall–Kier alpha value is 0.517. The van der Waals surface area contributed by atoms with Gasteiger partial charge in [0, 0.05) is 0 Å². The molecule has 0 rings (SSSR count). The molecule has 7 nitrogen and oxygen atoms in total. The van der Waals surface area contributed by atoms with E-state index in [4.69, 9.17) is 8.19 Å². The summed E-state index contributed by atoms with van der Waals surface area (Å²) in [5.74, 6) is 0. The third-order valence-corrected chi connectivity index (χ3v) is 7.97. The summed E-state index contributed by atoms with van der Waals surface area (Å²) in [4.78, 5) is 0. The fourth-order valence-corrected chi connectivity index (χ4v) is 5.32. The number of rotatable bonds is 4. The Morgan fingerprint density at radius 2 is 1.27 bits per heavy atom. The Balaban J connectivity index is 4.26. The van der Waals surface area contributed by atoms with E-state index in [1.807, 2.05) is 0 Å². The van der Waals surface area contributed by atoms with Crippen molar-refractivity contribution in [1.29, 1.82) is 0 Å². The van der Waals surface area contributed by atoms with Crippen LogP contribution in [0.1, 0.15) is 0 Å². The van der Waals surface area contributed by atoms with Gasteiger partial charge in [-0.3, -0.25) is 0 Å². The van der Waals surface area contributed by atoms with Crippen LogP contribution in [-0.4, -0.2) is 51.4 Å². The molecular weight excluding hydrogens is 286 g/mol. The fourth-order valence-electron chi connectivity index (χ4n) is 0.197. The first-order valence-corrected chi connectivity index (χ1v) is 8.59. The molecule has 0 atom stereocenters. The minimum absolute atomic E-state index is 0.894. The normalized spacial score (nSPS) is 22.2. The molecule has 0 heterocycles. The molecule has 0 aromatic rings. The molecule has 2 N–H and O–H groups in total. The summed E-state index contributed by atoms with van der Waals surface area (Å²) in [5.41, 5.74) is 0. The number of hydrogen-bond donors (Lipinski definition) is 2. The predicted octanol–water partition coefficient (Wildman–Crippen LogP) is -1.99. The van der Waals surface area contributed by atoms with E-state index in [2.05, 4.69) is 10.2 Å². The second-order valence-electron chi connectivity index (χ2n) is 1.38. The van der Waals surface area contributed by atoms with Gasteiger partial charge in [0.1, 0.15) is 0 Å². The molecule has 68 valence electrons. The van der Waals surface area contributed by atoms with Crippen LogP contribution in [0.15, 0.2) is 0 Å². The second kappa shape index (κ2) is 3.96. The van der Waals surface area contributed by atoms with Gasteiger partial charge in [0.25, 0.3) is 0 Å². The Kier molecular flexibility index (Phi) is 4.14. The molecule has 0 aliphatic carbocycles. The topological polar surface area (TPSA) is 102 Å². The fraction of sp³-hybridized carbons (Fsp3) is 1.00. The van der Waals surface area contributed by atoms with E-state index in [1.165, 1.54) is 0 Å². The van der Waals surface area contributed by atoms with Crippen LogP contribution in [0, 0.1) is 0 Å². The maximum atomic E-state index is 10.5. The minimum atomic E-state index is -5.02. The third-order valence-electron chi connectivity index (χ3n) is 0.668. The summed E-state index contributed by atoms with van der Waals surface area (Å²) >= 11 is -10.0. The van der Waals surface area contributed by atoms with Crippen LogP contribution < -0.4 is 0 Å². The van der Waals surface area contributed by atoms with Gasteiger partial charge in [-0.25, -0.2) is 0 Å². The zero-order valence-electron chi connectivity index (χ0n) is 5.83. The Labute approximate surface area is 69.3 Å². The van der Waals surface area contributed by atoms with Gasteiger partial charge in [-0.05, 0) is 0 Å². The SMILES string of the molecule is CO[As](=O)(O)O[As](=O)(O)OC. The average molecular weight is 294 g/mol. The van der Waals surface area contributed by atoms with Crippen molar-refractivity contribution < 1.29 is 25.8 Å². The van der Waals surface area contributed by atoms with E-state index < -0.39 is 29.0 Å². The Morgan fingerprint density at radius 3 is 1.45 bits per heavy atom. The molecule has 0 aliphatic heterocycles. The van der Waals surface area contributed by atoms with Gasteiger partial charge in [0.2, 0.25) is 0 Å². The molecule has 0 bridgehead atoms. The Morgan fingerprint density at radius 1 is 1.00 bits per heavy atom. The molecule has 0 amide bonds. The summed E-state index contributed by atoms with van der Waals surface area (Å²) in [6.07, 6.45) is 0. The van der Waals surface area contributed by atoms with Crippen LogP contribution in [0.5, 0.6) is 0 Å². The van der Waals surface area contributed by atoms with E-state index in [-0.39, 0.29) is 0 Å². The number of hydrogen-bond acceptors (Lipinski definition) is 5. The van der Waals surface area contributed by atoms with E-state index in [0.29, 0.717) is 0 Å². The molecule has 0 aliphatic rings. The average Bonchev–Trinajstić information content (AvgIpc) is 1.86. The van der Waals surface area contributed by atoms with Gasteiger partial charge in [0.05, 0.1) is 0 Å².